The minimum Gasteiger partial charge on any atom is -0.395 e. The van der Waals surface area contributed by atoms with Crippen LogP contribution in [0.15, 0.2) is 0 Å². The molecule has 0 radical (unpaired) electrons. The molecule has 0 aromatic carbocycles. The van der Waals surface area contributed by atoms with Gasteiger partial charge in [-0.2, -0.15) is 0 Å². The van der Waals surface area contributed by atoms with E-state index < -0.39 is 0 Å². The first kappa shape index (κ1) is 11.9. The van der Waals surface area contributed by atoms with E-state index in [-0.39, 0.29) is 12.5 Å². The second-order valence-corrected chi connectivity index (χ2v) is 5.44. The lowest BCUT2D eigenvalue weighted by molar-refractivity contribution is -0.138. The second kappa shape index (κ2) is 5.17. The van der Waals surface area contributed by atoms with Gasteiger partial charge in [-0.1, -0.05) is 6.92 Å². The predicted molar refractivity (Wildman–Crippen MR) is 62.9 cm³/mol. The number of carbonyl (C=O) groups is 1. The van der Waals surface area contributed by atoms with Gasteiger partial charge in [0.25, 0.3) is 0 Å². The SMILES string of the molecule is CC1CCC(C(=O)N(CCO)C2CC2)CC1. The van der Waals surface area contributed by atoms with Crippen molar-refractivity contribution in [3.05, 3.63) is 0 Å². The highest BCUT2D eigenvalue weighted by molar-refractivity contribution is 5.79. The summed E-state index contributed by atoms with van der Waals surface area (Å²) in [5, 5.41) is 9.01. The van der Waals surface area contributed by atoms with E-state index in [1.165, 1.54) is 12.8 Å². The monoisotopic (exact) mass is 225 g/mol. The van der Waals surface area contributed by atoms with Crippen molar-refractivity contribution in [2.24, 2.45) is 11.8 Å². The lowest BCUT2D eigenvalue weighted by Gasteiger charge is -2.31. The van der Waals surface area contributed by atoms with E-state index in [2.05, 4.69) is 6.92 Å². The van der Waals surface area contributed by atoms with Crippen LogP contribution in [0.5, 0.6) is 0 Å². The van der Waals surface area contributed by atoms with Gasteiger partial charge in [0.2, 0.25) is 5.91 Å². The van der Waals surface area contributed by atoms with Crippen molar-refractivity contribution in [3.63, 3.8) is 0 Å². The molecule has 2 rings (SSSR count). The first-order valence-corrected chi connectivity index (χ1v) is 6.63. The largest absolute Gasteiger partial charge is 0.395 e. The van der Waals surface area contributed by atoms with E-state index in [1.807, 2.05) is 4.90 Å². The van der Waals surface area contributed by atoms with Crippen molar-refractivity contribution in [2.45, 2.75) is 51.5 Å². The fourth-order valence-corrected chi connectivity index (χ4v) is 2.71. The number of rotatable bonds is 4. The molecule has 3 nitrogen and oxygen atoms in total. The van der Waals surface area contributed by atoms with Gasteiger partial charge in [-0.3, -0.25) is 4.79 Å². The number of aliphatic hydroxyl groups excluding tert-OH is 1. The number of aliphatic hydroxyl groups is 1. The summed E-state index contributed by atoms with van der Waals surface area (Å²) in [6.07, 6.45) is 6.75. The van der Waals surface area contributed by atoms with Gasteiger partial charge < -0.3 is 10.0 Å². The fourth-order valence-electron chi connectivity index (χ4n) is 2.71. The highest BCUT2D eigenvalue weighted by atomic mass is 16.3. The van der Waals surface area contributed by atoms with Gasteiger partial charge in [-0.15, -0.1) is 0 Å². The molecule has 16 heavy (non-hydrogen) atoms. The van der Waals surface area contributed by atoms with Gasteiger partial charge in [0.1, 0.15) is 0 Å². The van der Waals surface area contributed by atoms with E-state index in [0.717, 1.165) is 31.6 Å². The van der Waals surface area contributed by atoms with Crippen LogP contribution in [0.3, 0.4) is 0 Å². The molecule has 0 aliphatic heterocycles. The van der Waals surface area contributed by atoms with Gasteiger partial charge >= 0.3 is 0 Å². The number of hydrogen-bond donors (Lipinski definition) is 1. The van der Waals surface area contributed by atoms with Crippen molar-refractivity contribution < 1.29 is 9.90 Å². The van der Waals surface area contributed by atoms with E-state index in [4.69, 9.17) is 5.11 Å². The third-order valence-electron chi connectivity index (χ3n) is 3.98. The molecular formula is C13H23NO2. The molecule has 3 heteroatoms. The molecule has 92 valence electrons. The average Bonchev–Trinajstić information content (AvgIpc) is 3.10. The third kappa shape index (κ3) is 2.76. The molecule has 0 atom stereocenters. The Morgan fingerprint density at radius 1 is 1.19 bits per heavy atom. The summed E-state index contributed by atoms with van der Waals surface area (Å²) in [5.41, 5.74) is 0. The quantitative estimate of drug-likeness (QED) is 0.792. The van der Waals surface area contributed by atoms with E-state index >= 15 is 0 Å². The van der Waals surface area contributed by atoms with Crippen LogP contribution in [0.1, 0.15) is 45.4 Å². The first-order chi connectivity index (χ1) is 7.72. The summed E-state index contributed by atoms with van der Waals surface area (Å²) in [6.45, 7) is 2.91. The van der Waals surface area contributed by atoms with Gasteiger partial charge in [0.15, 0.2) is 0 Å². The summed E-state index contributed by atoms with van der Waals surface area (Å²) in [7, 11) is 0. The highest BCUT2D eigenvalue weighted by Crippen LogP contribution is 2.33. The lowest BCUT2D eigenvalue weighted by atomic mass is 9.82. The van der Waals surface area contributed by atoms with Crippen LogP contribution in [0, 0.1) is 11.8 Å². The summed E-state index contributed by atoms with van der Waals surface area (Å²) >= 11 is 0. The van der Waals surface area contributed by atoms with Crippen molar-refractivity contribution in [3.8, 4) is 0 Å². The van der Waals surface area contributed by atoms with Crippen molar-refractivity contribution in [1.29, 1.82) is 0 Å². The van der Waals surface area contributed by atoms with Crippen molar-refractivity contribution in [2.75, 3.05) is 13.2 Å². The maximum atomic E-state index is 12.3. The third-order valence-corrected chi connectivity index (χ3v) is 3.98. The molecule has 0 bridgehead atoms. The summed E-state index contributed by atoms with van der Waals surface area (Å²) in [5.74, 6) is 1.34. The molecule has 2 aliphatic rings. The van der Waals surface area contributed by atoms with Crippen molar-refractivity contribution in [1.82, 2.24) is 4.90 Å². The Kier molecular flexibility index (Phi) is 3.85. The van der Waals surface area contributed by atoms with Crippen LogP contribution < -0.4 is 0 Å². The molecular weight excluding hydrogens is 202 g/mol. The average molecular weight is 225 g/mol. The van der Waals surface area contributed by atoms with Crippen LogP contribution in [0.4, 0.5) is 0 Å². The van der Waals surface area contributed by atoms with Gasteiger partial charge in [0, 0.05) is 18.5 Å². The first-order valence-electron chi connectivity index (χ1n) is 6.63. The lowest BCUT2D eigenvalue weighted by Crippen LogP contribution is -2.40. The van der Waals surface area contributed by atoms with Crippen LogP contribution in [-0.2, 0) is 4.79 Å². The van der Waals surface area contributed by atoms with Crippen LogP contribution >= 0.6 is 0 Å². The number of amides is 1. The minimum absolute atomic E-state index is 0.103. The van der Waals surface area contributed by atoms with Gasteiger partial charge in [-0.25, -0.2) is 0 Å². The van der Waals surface area contributed by atoms with Crippen LogP contribution in [0.2, 0.25) is 0 Å². The van der Waals surface area contributed by atoms with E-state index in [9.17, 15) is 4.79 Å². The highest BCUT2D eigenvalue weighted by Gasteiger charge is 2.36. The Labute approximate surface area is 97.8 Å². The second-order valence-electron chi connectivity index (χ2n) is 5.44. The zero-order valence-corrected chi connectivity index (χ0v) is 10.2. The maximum Gasteiger partial charge on any atom is 0.226 e. The van der Waals surface area contributed by atoms with E-state index in [1.54, 1.807) is 0 Å². The number of nitrogens with zero attached hydrogens (tertiary/aromatic N) is 1. The normalized spacial score (nSPS) is 30.1. The molecule has 1 N–H and O–H groups in total. The molecule has 0 spiro atoms. The Hall–Kier alpha value is -0.570. The molecule has 0 aromatic heterocycles. The Morgan fingerprint density at radius 2 is 1.81 bits per heavy atom. The summed E-state index contributed by atoms with van der Waals surface area (Å²) in [6, 6.07) is 0.444. The Balaban J connectivity index is 1.88. The topological polar surface area (TPSA) is 40.5 Å². The minimum atomic E-state index is 0.103. The maximum absolute atomic E-state index is 12.3. The molecule has 0 unspecified atom stereocenters. The molecule has 0 aromatic rings. The van der Waals surface area contributed by atoms with Crippen LogP contribution in [0.25, 0.3) is 0 Å². The predicted octanol–water partition coefficient (Wildman–Crippen LogP) is 1.80. The Bertz CT molecular complexity index is 242. The zero-order chi connectivity index (χ0) is 11.5. The smallest absolute Gasteiger partial charge is 0.226 e. The Morgan fingerprint density at radius 3 is 2.31 bits per heavy atom. The van der Waals surface area contributed by atoms with Crippen LogP contribution in [-0.4, -0.2) is 35.1 Å². The van der Waals surface area contributed by atoms with Crippen molar-refractivity contribution >= 4 is 5.91 Å². The molecule has 2 saturated carbocycles. The summed E-state index contributed by atoms with van der Waals surface area (Å²) < 4.78 is 0. The van der Waals surface area contributed by atoms with Gasteiger partial charge in [0.05, 0.1) is 6.61 Å². The molecule has 0 heterocycles. The zero-order valence-electron chi connectivity index (χ0n) is 10.2. The van der Waals surface area contributed by atoms with Gasteiger partial charge in [-0.05, 0) is 44.4 Å². The number of carbonyl (C=O) groups excluding carboxylic acids is 1. The standard InChI is InChI=1S/C13H23NO2/c1-10-2-4-11(5-3-10)13(16)14(8-9-15)12-6-7-12/h10-12,15H,2-9H2,1H3. The van der Waals surface area contributed by atoms with E-state index in [0.29, 0.717) is 18.5 Å². The summed E-state index contributed by atoms with van der Waals surface area (Å²) in [4.78, 5) is 14.2. The fraction of sp³-hybridized carbons (Fsp3) is 0.923. The molecule has 0 saturated heterocycles. The molecule has 1 amide bonds. The molecule has 2 aliphatic carbocycles. The number of hydrogen-bond acceptors (Lipinski definition) is 2. The molecule has 2 fully saturated rings.